The van der Waals surface area contributed by atoms with Crippen LogP contribution in [0.3, 0.4) is 0 Å². The highest BCUT2D eigenvalue weighted by molar-refractivity contribution is 7.89. The lowest BCUT2D eigenvalue weighted by molar-refractivity contribution is 0.572. The molecule has 1 saturated carbocycles. The highest BCUT2D eigenvalue weighted by atomic mass is 32.2. The monoisotopic (exact) mass is 297 g/mol. The van der Waals surface area contributed by atoms with Gasteiger partial charge in [0.15, 0.2) is 5.03 Å². The SMILES string of the molecule is CCCNCc1ccc(S(=O)(=O)NC2CC2CC)nc1. The molecule has 0 bridgehead atoms. The molecule has 2 unspecified atom stereocenters. The van der Waals surface area contributed by atoms with Gasteiger partial charge < -0.3 is 5.32 Å². The smallest absolute Gasteiger partial charge is 0.258 e. The fourth-order valence-corrected chi connectivity index (χ4v) is 3.43. The quantitative estimate of drug-likeness (QED) is 0.716. The van der Waals surface area contributed by atoms with E-state index in [1.165, 1.54) is 0 Å². The number of aromatic nitrogens is 1. The van der Waals surface area contributed by atoms with E-state index in [0.29, 0.717) is 5.92 Å². The summed E-state index contributed by atoms with van der Waals surface area (Å²) >= 11 is 0. The van der Waals surface area contributed by atoms with Crippen molar-refractivity contribution in [3.05, 3.63) is 23.9 Å². The van der Waals surface area contributed by atoms with Gasteiger partial charge in [0, 0.05) is 18.8 Å². The molecule has 1 aromatic rings. The standard InChI is InChI=1S/C14H23N3O2S/c1-3-7-15-9-11-5-6-14(16-10-11)20(18,19)17-13-8-12(13)4-2/h5-6,10,12-13,15,17H,3-4,7-9H2,1-2H3. The van der Waals surface area contributed by atoms with Crippen LogP contribution in [0.4, 0.5) is 0 Å². The Balaban J connectivity index is 1.94. The van der Waals surface area contributed by atoms with E-state index in [-0.39, 0.29) is 11.1 Å². The molecule has 6 heteroatoms. The predicted molar refractivity (Wildman–Crippen MR) is 78.7 cm³/mol. The van der Waals surface area contributed by atoms with Crippen LogP contribution in [0.1, 0.15) is 38.7 Å². The molecule has 2 atom stereocenters. The van der Waals surface area contributed by atoms with E-state index in [1.54, 1.807) is 12.3 Å². The van der Waals surface area contributed by atoms with E-state index in [0.717, 1.165) is 37.9 Å². The van der Waals surface area contributed by atoms with Crippen molar-refractivity contribution in [2.45, 2.75) is 50.7 Å². The zero-order chi connectivity index (χ0) is 14.6. The maximum atomic E-state index is 12.1. The molecule has 2 rings (SSSR count). The van der Waals surface area contributed by atoms with Gasteiger partial charge in [0.2, 0.25) is 0 Å². The van der Waals surface area contributed by atoms with Crippen LogP contribution in [-0.4, -0.2) is 26.0 Å². The molecule has 2 N–H and O–H groups in total. The van der Waals surface area contributed by atoms with Gasteiger partial charge in [-0.25, -0.2) is 18.1 Å². The first-order valence-corrected chi connectivity index (χ1v) is 8.73. The Morgan fingerprint density at radius 1 is 1.35 bits per heavy atom. The normalized spacial score (nSPS) is 21.9. The van der Waals surface area contributed by atoms with Crippen molar-refractivity contribution >= 4 is 10.0 Å². The third kappa shape index (κ3) is 4.01. The summed E-state index contributed by atoms with van der Waals surface area (Å²) in [7, 11) is -3.46. The summed E-state index contributed by atoms with van der Waals surface area (Å²) in [5.41, 5.74) is 0.996. The molecule has 0 radical (unpaired) electrons. The molecular formula is C14H23N3O2S. The minimum atomic E-state index is -3.46. The maximum Gasteiger partial charge on any atom is 0.258 e. The first-order chi connectivity index (χ1) is 9.56. The fourth-order valence-electron chi connectivity index (χ4n) is 2.19. The highest BCUT2D eigenvalue weighted by Gasteiger charge is 2.38. The van der Waals surface area contributed by atoms with Crippen LogP contribution in [0, 0.1) is 5.92 Å². The Morgan fingerprint density at radius 3 is 2.70 bits per heavy atom. The summed E-state index contributed by atoms with van der Waals surface area (Å²) in [5.74, 6) is 0.488. The average Bonchev–Trinajstić information content (AvgIpc) is 3.17. The van der Waals surface area contributed by atoms with Gasteiger partial charge in [-0.1, -0.05) is 26.3 Å². The molecule has 1 aromatic heterocycles. The van der Waals surface area contributed by atoms with Crippen molar-refractivity contribution < 1.29 is 8.42 Å². The van der Waals surface area contributed by atoms with Gasteiger partial charge in [0.05, 0.1) is 0 Å². The van der Waals surface area contributed by atoms with Crippen molar-refractivity contribution in [3.63, 3.8) is 0 Å². The van der Waals surface area contributed by atoms with Crippen molar-refractivity contribution in [1.29, 1.82) is 0 Å². The molecule has 0 amide bonds. The summed E-state index contributed by atoms with van der Waals surface area (Å²) < 4.78 is 27.0. The van der Waals surface area contributed by atoms with Crippen LogP contribution in [0.5, 0.6) is 0 Å². The minimum absolute atomic E-state index is 0.0951. The maximum absolute atomic E-state index is 12.1. The predicted octanol–water partition coefficient (Wildman–Crippen LogP) is 1.66. The molecule has 20 heavy (non-hydrogen) atoms. The minimum Gasteiger partial charge on any atom is -0.313 e. The van der Waals surface area contributed by atoms with Crippen LogP contribution >= 0.6 is 0 Å². The van der Waals surface area contributed by atoms with Crippen LogP contribution < -0.4 is 10.0 Å². The van der Waals surface area contributed by atoms with Gasteiger partial charge >= 0.3 is 0 Å². The Bertz CT molecular complexity index is 528. The number of hydrogen-bond donors (Lipinski definition) is 2. The molecule has 0 spiro atoms. The van der Waals surface area contributed by atoms with Crippen LogP contribution in [0.2, 0.25) is 0 Å². The summed E-state index contributed by atoms with van der Waals surface area (Å²) in [4.78, 5) is 4.07. The van der Waals surface area contributed by atoms with Gasteiger partial charge in [-0.05, 0) is 36.9 Å². The molecule has 5 nitrogen and oxygen atoms in total. The summed E-state index contributed by atoms with van der Waals surface area (Å²) in [6.07, 6.45) is 4.66. The highest BCUT2D eigenvalue weighted by Crippen LogP contribution is 2.34. The molecule has 1 heterocycles. The lowest BCUT2D eigenvalue weighted by Gasteiger charge is -2.07. The third-order valence-electron chi connectivity index (χ3n) is 3.58. The first kappa shape index (κ1) is 15.4. The Hall–Kier alpha value is -0.980. The second kappa shape index (κ2) is 6.65. The van der Waals surface area contributed by atoms with Gasteiger partial charge in [-0.15, -0.1) is 0 Å². The number of hydrogen-bond acceptors (Lipinski definition) is 4. The Morgan fingerprint density at radius 2 is 2.15 bits per heavy atom. The second-order valence-electron chi connectivity index (χ2n) is 5.31. The number of pyridine rings is 1. The van der Waals surface area contributed by atoms with Gasteiger partial charge in [-0.2, -0.15) is 0 Å². The molecule has 1 fully saturated rings. The van der Waals surface area contributed by atoms with E-state index < -0.39 is 10.0 Å². The van der Waals surface area contributed by atoms with E-state index in [1.807, 2.05) is 6.07 Å². The largest absolute Gasteiger partial charge is 0.313 e. The van der Waals surface area contributed by atoms with Crippen molar-refractivity contribution in [2.75, 3.05) is 6.54 Å². The number of rotatable bonds is 8. The zero-order valence-electron chi connectivity index (χ0n) is 12.1. The Kier molecular flexibility index (Phi) is 5.12. The topological polar surface area (TPSA) is 71.1 Å². The van der Waals surface area contributed by atoms with E-state index in [4.69, 9.17) is 0 Å². The number of nitrogens with zero attached hydrogens (tertiary/aromatic N) is 1. The Labute approximate surface area is 121 Å². The van der Waals surface area contributed by atoms with Gasteiger partial charge in [0.25, 0.3) is 10.0 Å². The van der Waals surface area contributed by atoms with Crippen molar-refractivity contribution in [3.8, 4) is 0 Å². The average molecular weight is 297 g/mol. The van der Waals surface area contributed by atoms with E-state index in [2.05, 4.69) is 28.9 Å². The van der Waals surface area contributed by atoms with Crippen molar-refractivity contribution in [1.82, 2.24) is 15.0 Å². The fraction of sp³-hybridized carbons (Fsp3) is 0.643. The zero-order valence-corrected chi connectivity index (χ0v) is 12.9. The lowest BCUT2D eigenvalue weighted by atomic mass is 10.3. The summed E-state index contributed by atoms with van der Waals surface area (Å²) in [6, 6.07) is 3.49. The number of nitrogens with one attached hydrogen (secondary N) is 2. The lowest BCUT2D eigenvalue weighted by Crippen LogP contribution is -2.27. The first-order valence-electron chi connectivity index (χ1n) is 7.24. The van der Waals surface area contributed by atoms with E-state index >= 15 is 0 Å². The van der Waals surface area contributed by atoms with Gasteiger partial charge in [0.1, 0.15) is 0 Å². The number of sulfonamides is 1. The molecule has 1 aliphatic rings. The molecule has 112 valence electrons. The molecule has 1 aliphatic carbocycles. The molecular weight excluding hydrogens is 274 g/mol. The molecule has 0 aromatic carbocycles. The van der Waals surface area contributed by atoms with Crippen LogP contribution in [-0.2, 0) is 16.6 Å². The third-order valence-corrected chi connectivity index (χ3v) is 4.99. The van der Waals surface area contributed by atoms with Crippen LogP contribution in [0.25, 0.3) is 0 Å². The van der Waals surface area contributed by atoms with E-state index in [9.17, 15) is 8.42 Å². The molecule has 0 aliphatic heterocycles. The summed E-state index contributed by atoms with van der Waals surface area (Å²) in [6.45, 7) is 5.85. The van der Waals surface area contributed by atoms with Gasteiger partial charge in [-0.3, -0.25) is 0 Å². The molecule has 0 saturated heterocycles. The second-order valence-corrected chi connectivity index (χ2v) is 6.97. The van der Waals surface area contributed by atoms with Crippen molar-refractivity contribution in [2.24, 2.45) is 5.92 Å². The summed E-state index contributed by atoms with van der Waals surface area (Å²) in [5, 5.41) is 3.37. The van der Waals surface area contributed by atoms with Crippen LogP contribution in [0.15, 0.2) is 23.4 Å².